The van der Waals surface area contributed by atoms with Gasteiger partial charge < -0.3 is 24.4 Å². The summed E-state index contributed by atoms with van der Waals surface area (Å²) in [5.41, 5.74) is 0.744. The summed E-state index contributed by atoms with van der Waals surface area (Å²) in [7, 11) is 1.71. The number of hydrogen-bond acceptors (Lipinski definition) is 4. The molecule has 1 aliphatic heterocycles. The van der Waals surface area contributed by atoms with Crippen molar-refractivity contribution < 1.29 is 37.3 Å². The van der Waals surface area contributed by atoms with Crippen molar-refractivity contribution in [1.82, 2.24) is 9.80 Å². The number of amides is 2. The number of carbonyl (C=O) groups is 2. The summed E-state index contributed by atoms with van der Waals surface area (Å²) in [6, 6.07) is 11.8. The van der Waals surface area contributed by atoms with Crippen LogP contribution in [-0.4, -0.2) is 65.4 Å². The van der Waals surface area contributed by atoms with Gasteiger partial charge in [-0.1, -0.05) is 38.1 Å². The Morgan fingerprint density at radius 3 is 2.21 bits per heavy atom. The summed E-state index contributed by atoms with van der Waals surface area (Å²) < 4.78 is 49.9. The quantitative estimate of drug-likeness (QED) is 0.360. The van der Waals surface area contributed by atoms with Crippen molar-refractivity contribution in [2.24, 2.45) is 0 Å². The Labute approximate surface area is 221 Å². The van der Waals surface area contributed by atoms with E-state index < -0.39 is 23.8 Å². The summed E-state index contributed by atoms with van der Waals surface area (Å²) in [6.45, 7) is 4.99. The molecule has 0 radical (unpaired) electrons. The van der Waals surface area contributed by atoms with Crippen molar-refractivity contribution in [3.63, 3.8) is 0 Å². The van der Waals surface area contributed by atoms with Gasteiger partial charge in [0.2, 0.25) is 0 Å². The van der Waals surface area contributed by atoms with Crippen molar-refractivity contribution >= 4 is 12.0 Å². The number of nitrogens with zero attached hydrogens (tertiary/aromatic N) is 2. The summed E-state index contributed by atoms with van der Waals surface area (Å²) in [5.74, 6) is -0.352. The van der Waals surface area contributed by atoms with Gasteiger partial charge in [0.05, 0.1) is 24.3 Å². The molecule has 2 aromatic carbocycles. The van der Waals surface area contributed by atoms with Crippen molar-refractivity contribution in [2.75, 3.05) is 20.2 Å². The maximum absolute atomic E-state index is 12.8. The number of urea groups is 1. The van der Waals surface area contributed by atoms with Crippen molar-refractivity contribution in [3.05, 3.63) is 65.2 Å². The molecule has 0 aliphatic carbocycles. The van der Waals surface area contributed by atoms with Crippen LogP contribution in [0.4, 0.5) is 18.0 Å². The first-order valence-corrected chi connectivity index (χ1v) is 12.8. The summed E-state index contributed by atoms with van der Waals surface area (Å²) in [4.78, 5) is 27.5. The zero-order valence-corrected chi connectivity index (χ0v) is 21.9. The molecule has 1 heterocycles. The Kier molecular flexibility index (Phi) is 10.0. The van der Waals surface area contributed by atoms with Crippen molar-refractivity contribution in [3.8, 4) is 5.75 Å². The Hall–Kier alpha value is -3.27. The second-order valence-electron chi connectivity index (χ2n) is 9.51. The second-order valence-corrected chi connectivity index (χ2v) is 9.51. The average Bonchev–Trinajstić information content (AvgIpc) is 3.14. The zero-order valence-electron chi connectivity index (χ0n) is 21.9. The lowest BCUT2D eigenvalue weighted by molar-refractivity contribution is -0.154. The molecule has 0 bridgehead atoms. The minimum absolute atomic E-state index is 0.0882. The Morgan fingerprint density at radius 2 is 1.66 bits per heavy atom. The molecular formula is C28H35F3N2O5. The largest absolute Gasteiger partial charge is 0.494 e. The molecule has 2 atom stereocenters. The van der Waals surface area contributed by atoms with Gasteiger partial charge in [-0.25, -0.2) is 9.59 Å². The van der Waals surface area contributed by atoms with Crippen LogP contribution < -0.4 is 4.74 Å². The Bertz CT molecular complexity index is 1060. The minimum atomic E-state index is -4.39. The molecule has 1 saturated heterocycles. The van der Waals surface area contributed by atoms with E-state index in [4.69, 9.17) is 9.47 Å². The number of carbonyl (C=O) groups excluding carboxylic acids is 1. The maximum Gasteiger partial charge on any atom is 0.416 e. The molecule has 38 heavy (non-hydrogen) atoms. The first kappa shape index (κ1) is 29.3. The lowest BCUT2D eigenvalue weighted by atomic mass is 10.1. The van der Waals surface area contributed by atoms with E-state index >= 15 is 0 Å². The van der Waals surface area contributed by atoms with E-state index in [0.29, 0.717) is 30.9 Å². The van der Waals surface area contributed by atoms with Gasteiger partial charge in [-0.3, -0.25) is 0 Å². The maximum atomic E-state index is 12.8. The highest BCUT2D eigenvalue weighted by molar-refractivity contribution is 5.77. The van der Waals surface area contributed by atoms with Gasteiger partial charge in [0.25, 0.3) is 0 Å². The van der Waals surface area contributed by atoms with Crippen LogP contribution in [0, 0.1) is 0 Å². The van der Waals surface area contributed by atoms with E-state index in [0.717, 1.165) is 30.5 Å². The summed E-state index contributed by atoms with van der Waals surface area (Å²) >= 11 is 0. The Balaban J connectivity index is 1.48. The van der Waals surface area contributed by atoms with Crippen LogP contribution in [0.1, 0.15) is 49.8 Å². The third kappa shape index (κ3) is 7.86. The van der Waals surface area contributed by atoms with Gasteiger partial charge in [-0.15, -0.1) is 0 Å². The van der Waals surface area contributed by atoms with Gasteiger partial charge in [0, 0.05) is 33.0 Å². The number of aliphatic carboxylic acids is 1. The fraction of sp³-hybridized carbons (Fsp3) is 0.500. The molecule has 0 saturated carbocycles. The highest BCUT2D eigenvalue weighted by atomic mass is 19.4. The van der Waals surface area contributed by atoms with E-state index in [2.05, 4.69) is 0 Å². The van der Waals surface area contributed by atoms with E-state index in [1.54, 1.807) is 29.0 Å². The predicted molar refractivity (Wildman–Crippen MR) is 136 cm³/mol. The number of likely N-dealkylation sites (N-methyl/N-ethyl adjacent to an activating group) is 1. The van der Waals surface area contributed by atoms with Gasteiger partial charge in [-0.2, -0.15) is 13.2 Å². The zero-order chi connectivity index (χ0) is 27.9. The minimum Gasteiger partial charge on any atom is -0.494 e. The topological polar surface area (TPSA) is 79.3 Å². The molecular weight excluding hydrogens is 501 g/mol. The SMILES string of the molecule is CCC(CC)OC(Cc1ccc(OCC[C@H]2CN(Cc3ccc(C(F)(F)F)cc3)C(=O)N2C)cc1)C(=O)O. The van der Waals surface area contributed by atoms with Crippen LogP contribution >= 0.6 is 0 Å². The van der Waals surface area contributed by atoms with Gasteiger partial charge in [-0.05, 0) is 48.2 Å². The lowest BCUT2D eigenvalue weighted by Crippen LogP contribution is -2.31. The number of carboxylic acid groups (broad SMARTS) is 1. The molecule has 2 aromatic rings. The van der Waals surface area contributed by atoms with Crippen LogP contribution in [0.15, 0.2) is 48.5 Å². The van der Waals surface area contributed by atoms with Crippen LogP contribution in [0.2, 0.25) is 0 Å². The second kappa shape index (κ2) is 13.0. The van der Waals surface area contributed by atoms with E-state index in [1.165, 1.54) is 12.1 Å². The van der Waals surface area contributed by atoms with Crippen molar-refractivity contribution in [2.45, 2.75) is 70.5 Å². The number of hydrogen-bond donors (Lipinski definition) is 1. The molecule has 1 N–H and O–H groups in total. The number of benzene rings is 2. The molecule has 0 spiro atoms. The van der Waals surface area contributed by atoms with Gasteiger partial charge in [0.1, 0.15) is 5.75 Å². The number of rotatable bonds is 13. The monoisotopic (exact) mass is 536 g/mol. The van der Waals surface area contributed by atoms with Crippen LogP contribution in [0.25, 0.3) is 0 Å². The predicted octanol–water partition coefficient (Wildman–Crippen LogP) is 5.61. The van der Waals surface area contributed by atoms with Crippen molar-refractivity contribution in [1.29, 1.82) is 0 Å². The number of carboxylic acids is 1. The molecule has 2 amide bonds. The third-order valence-corrected chi connectivity index (χ3v) is 6.81. The molecule has 0 aromatic heterocycles. The molecule has 1 aliphatic rings. The normalized spacial score (nSPS) is 16.8. The molecule has 3 rings (SSSR count). The average molecular weight is 537 g/mol. The number of alkyl halides is 3. The van der Waals surface area contributed by atoms with Crippen LogP contribution in [-0.2, 0) is 28.7 Å². The molecule has 1 fully saturated rings. The lowest BCUT2D eigenvalue weighted by Gasteiger charge is -2.20. The molecule has 10 heteroatoms. The third-order valence-electron chi connectivity index (χ3n) is 6.81. The summed E-state index contributed by atoms with van der Waals surface area (Å²) in [6.07, 6.45) is -3.05. The first-order valence-electron chi connectivity index (χ1n) is 12.8. The standard InChI is InChI=1S/C28H35F3N2O5/c1-4-23(5-2)38-25(26(34)35)16-19-8-12-24(13-9-19)37-15-14-22-18-33(27(36)32(22)3)17-20-6-10-21(11-7-20)28(29,30)31/h6-13,22-23,25H,4-5,14-18H2,1-3H3,(H,34,35)/t22-,25?/m0/s1. The highest BCUT2D eigenvalue weighted by Crippen LogP contribution is 2.29. The first-order chi connectivity index (χ1) is 18.0. The number of ether oxygens (including phenoxy) is 2. The fourth-order valence-corrected chi connectivity index (χ4v) is 4.43. The van der Waals surface area contributed by atoms with Gasteiger partial charge in [0.15, 0.2) is 6.10 Å². The Morgan fingerprint density at radius 1 is 1.05 bits per heavy atom. The fourth-order valence-electron chi connectivity index (χ4n) is 4.43. The van der Waals surface area contributed by atoms with Gasteiger partial charge >= 0.3 is 18.2 Å². The van der Waals surface area contributed by atoms with E-state index in [1.807, 2.05) is 26.0 Å². The molecule has 1 unspecified atom stereocenters. The number of halogens is 3. The smallest absolute Gasteiger partial charge is 0.416 e. The molecule has 208 valence electrons. The van der Waals surface area contributed by atoms with E-state index in [9.17, 15) is 27.9 Å². The highest BCUT2D eigenvalue weighted by Gasteiger charge is 2.35. The van der Waals surface area contributed by atoms with E-state index in [-0.39, 0.29) is 31.1 Å². The van der Waals surface area contributed by atoms with Crippen LogP contribution in [0.3, 0.4) is 0 Å². The summed E-state index contributed by atoms with van der Waals surface area (Å²) in [5, 5.41) is 9.51. The van der Waals surface area contributed by atoms with Crippen LogP contribution in [0.5, 0.6) is 5.75 Å². The molecule has 7 nitrogen and oxygen atoms in total.